The fourth-order valence-corrected chi connectivity index (χ4v) is 4.31. The maximum Gasteiger partial charge on any atom is 0.233 e. The Morgan fingerprint density at radius 3 is 2.88 bits per heavy atom. The Morgan fingerprint density at radius 1 is 1.33 bits per heavy atom. The van der Waals surface area contributed by atoms with Crippen molar-refractivity contribution in [1.82, 2.24) is 14.8 Å². The lowest BCUT2D eigenvalue weighted by atomic mass is 9.90. The van der Waals surface area contributed by atoms with Gasteiger partial charge < -0.3 is 9.84 Å². The Balaban J connectivity index is 1.43. The number of fused-ring (bicyclic) bond motifs is 2. The number of aliphatic hydroxyl groups is 1. The molecule has 2 aromatic rings. The topological polar surface area (TPSA) is 60.2 Å². The van der Waals surface area contributed by atoms with Crippen molar-refractivity contribution in [3.63, 3.8) is 0 Å². The van der Waals surface area contributed by atoms with E-state index in [1.165, 1.54) is 25.7 Å². The third-order valence-corrected chi connectivity index (χ3v) is 5.56. The predicted octanol–water partition coefficient (Wildman–Crippen LogP) is 4.26. The summed E-state index contributed by atoms with van der Waals surface area (Å²) in [5.41, 5.74) is 0.417. The van der Waals surface area contributed by atoms with E-state index in [4.69, 9.17) is 16.3 Å². The van der Waals surface area contributed by atoms with Crippen molar-refractivity contribution >= 4 is 17.4 Å². The highest BCUT2D eigenvalue weighted by Crippen LogP contribution is 2.48. The SMILES string of the molecule is C=C(O)c1ccc(-n2ccc(OCC3C[C@@H]4CC[C@H]3C4)n2)nc1Cl. The first-order chi connectivity index (χ1) is 11.6. The molecule has 1 unspecified atom stereocenters. The van der Waals surface area contributed by atoms with E-state index in [0.717, 1.165) is 18.4 Å². The summed E-state index contributed by atoms with van der Waals surface area (Å²) >= 11 is 6.06. The fourth-order valence-electron chi connectivity index (χ4n) is 4.05. The smallest absolute Gasteiger partial charge is 0.233 e. The van der Waals surface area contributed by atoms with Crippen LogP contribution < -0.4 is 4.74 Å². The molecule has 0 spiro atoms. The zero-order valence-electron chi connectivity index (χ0n) is 13.4. The van der Waals surface area contributed by atoms with Gasteiger partial charge in [0.05, 0.1) is 12.2 Å². The molecular formula is C18H20ClN3O2. The highest BCUT2D eigenvalue weighted by atomic mass is 35.5. The Hall–Kier alpha value is -2.01. The second-order valence-electron chi connectivity index (χ2n) is 6.80. The van der Waals surface area contributed by atoms with Gasteiger partial charge in [0.15, 0.2) is 5.82 Å². The van der Waals surface area contributed by atoms with Gasteiger partial charge in [-0.2, -0.15) is 0 Å². The summed E-state index contributed by atoms with van der Waals surface area (Å²) in [7, 11) is 0. The zero-order chi connectivity index (χ0) is 16.7. The van der Waals surface area contributed by atoms with Crippen LogP contribution in [0.4, 0.5) is 0 Å². The second kappa shape index (κ2) is 6.13. The van der Waals surface area contributed by atoms with Crippen LogP contribution in [0.5, 0.6) is 5.88 Å². The number of rotatable bonds is 5. The van der Waals surface area contributed by atoms with Crippen LogP contribution in [-0.4, -0.2) is 26.5 Å². The largest absolute Gasteiger partial charge is 0.508 e. The Labute approximate surface area is 145 Å². The highest BCUT2D eigenvalue weighted by Gasteiger charge is 2.39. The summed E-state index contributed by atoms with van der Waals surface area (Å²) in [6.07, 6.45) is 7.24. The molecular weight excluding hydrogens is 326 g/mol. The van der Waals surface area contributed by atoms with E-state index in [0.29, 0.717) is 23.2 Å². The van der Waals surface area contributed by atoms with Crippen molar-refractivity contribution in [2.75, 3.05) is 6.61 Å². The molecule has 2 bridgehead atoms. The lowest BCUT2D eigenvalue weighted by molar-refractivity contribution is 0.189. The van der Waals surface area contributed by atoms with Crippen molar-refractivity contribution < 1.29 is 9.84 Å². The molecule has 0 radical (unpaired) electrons. The number of aromatic nitrogens is 3. The lowest BCUT2D eigenvalue weighted by Crippen LogP contribution is -2.18. The molecule has 2 aromatic heterocycles. The van der Waals surface area contributed by atoms with E-state index in [2.05, 4.69) is 16.7 Å². The second-order valence-corrected chi connectivity index (χ2v) is 7.16. The van der Waals surface area contributed by atoms with Crippen LogP contribution in [0.15, 0.2) is 31.0 Å². The summed E-state index contributed by atoms with van der Waals surface area (Å²) in [4.78, 5) is 4.24. The molecule has 126 valence electrons. The minimum absolute atomic E-state index is 0.102. The summed E-state index contributed by atoms with van der Waals surface area (Å²) in [5, 5.41) is 14.0. The molecule has 0 saturated heterocycles. The van der Waals surface area contributed by atoms with E-state index in [9.17, 15) is 5.11 Å². The molecule has 2 heterocycles. The third-order valence-electron chi connectivity index (χ3n) is 5.27. The van der Waals surface area contributed by atoms with Gasteiger partial charge in [-0.15, -0.1) is 5.10 Å². The summed E-state index contributed by atoms with van der Waals surface area (Å²) in [6, 6.07) is 5.24. The van der Waals surface area contributed by atoms with E-state index in [1.54, 1.807) is 23.0 Å². The van der Waals surface area contributed by atoms with Crippen LogP contribution in [0.25, 0.3) is 11.6 Å². The van der Waals surface area contributed by atoms with Gasteiger partial charge in [-0.05, 0) is 49.1 Å². The Morgan fingerprint density at radius 2 is 2.21 bits per heavy atom. The lowest BCUT2D eigenvalue weighted by Gasteiger charge is -2.20. The van der Waals surface area contributed by atoms with Gasteiger partial charge in [-0.3, -0.25) is 0 Å². The zero-order valence-corrected chi connectivity index (χ0v) is 14.1. The highest BCUT2D eigenvalue weighted by molar-refractivity contribution is 6.31. The molecule has 24 heavy (non-hydrogen) atoms. The molecule has 2 aliphatic carbocycles. The number of nitrogens with zero attached hydrogens (tertiary/aromatic N) is 3. The maximum absolute atomic E-state index is 9.43. The molecule has 0 aromatic carbocycles. The van der Waals surface area contributed by atoms with Crippen LogP contribution in [-0.2, 0) is 0 Å². The van der Waals surface area contributed by atoms with E-state index in [1.807, 2.05) is 6.07 Å². The van der Waals surface area contributed by atoms with Crippen LogP contribution in [0.1, 0.15) is 31.2 Å². The molecule has 2 aliphatic rings. The molecule has 0 amide bonds. The fraction of sp³-hybridized carbons (Fsp3) is 0.444. The standard InChI is InChI=1S/C18H20ClN3O2/c1-11(23)15-4-5-16(20-18(15)19)22-7-6-17(21-22)24-10-14-9-12-2-3-13(14)8-12/h4-7,12-14,23H,1-3,8-10H2/t12-,13+,14?/m1/s1. The molecule has 6 heteroatoms. The first-order valence-electron chi connectivity index (χ1n) is 8.34. The van der Waals surface area contributed by atoms with Gasteiger partial charge in [0, 0.05) is 12.3 Å². The average molecular weight is 346 g/mol. The van der Waals surface area contributed by atoms with Crippen LogP contribution in [0.2, 0.25) is 5.15 Å². The van der Waals surface area contributed by atoms with Crippen molar-refractivity contribution in [3.05, 3.63) is 41.7 Å². The minimum Gasteiger partial charge on any atom is -0.508 e. The molecule has 1 N–H and O–H groups in total. The van der Waals surface area contributed by atoms with Crippen LogP contribution in [0, 0.1) is 17.8 Å². The predicted molar refractivity (Wildman–Crippen MR) is 92.5 cm³/mol. The van der Waals surface area contributed by atoms with Crippen LogP contribution >= 0.6 is 11.6 Å². The maximum atomic E-state index is 9.43. The number of pyridine rings is 1. The average Bonchev–Trinajstić information content (AvgIpc) is 3.29. The van der Waals surface area contributed by atoms with Gasteiger partial charge in [-0.25, -0.2) is 9.67 Å². The minimum atomic E-state index is -0.102. The quantitative estimate of drug-likeness (QED) is 0.649. The van der Waals surface area contributed by atoms with Gasteiger partial charge in [0.2, 0.25) is 5.88 Å². The van der Waals surface area contributed by atoms with Crippen molar-refractivity contribution in [2.45, 2.75) is 25.7 Å². The summed E-state index contributed by atoms with van der Waals surface area (Å²) in [6.45, 7) is 4.21. The number of hydrogen-bond donors (Lipinski definition) is 1. The van der Waals surface area contributed by atoms with Gasteiger partial charge >= 0.3 is 0 Å². The normalized spacial score (nSPS) is 25.1. The first kappa shape index (κ1) is 15.5. The van der Waals surface area contributed by atoms with E-state index in [-0.39, 0.29) is 10.9 Å². The number of aliphatic hydroxyl groups excluding tert-OH is 1. The van der Waals surface area contributed by atoms with Crippen molar-refractivity contribution in [3.8, 4) is 11.7 Å². The number of hydrogen-bond acceptors (Lipinski definition) is 4. The number of ether oxygens (including phenoxy) is 1. The molecule has 0 aliphatic heterocycles. The van der Waals surface area contributed by atoms with Gasteiger partial charge in [0.25, 0.3) is 0 Å². The monoisotopic (exact) mass is 345 g/mol. The molecule has 2 saturated carbocycles. The molecule has 4 rings (SSSR count). The van der Waals surface area contributed by atoms with Crippen molar-refractivity contribution in [1.29, 1.82) is 0 Å². The van der Waals surface area contributed by atoms with Crippen molar-refractivity contribution in [2.24, 2.45) is 17.8 Å². The Bertz CT molecular complexity index is 773. The summed E-state index contributed by atoms with van der Waals surface area (Å²) in [5.74, 6) is 3.51. The summed E-state index contributed by atoms with van der Waals surface area (Å²) < 4.78 is 7.51. The number of halogens is 1. The van der Waals surface area contributed by atoms with Gasteiger partial charge in [0.1, 0.15) is 10.9 Å². The Kier molecular flexibility index (Phi) is 3.96. The van der Waals surface area contributed by atoms with Crippen LogP contribution in [0.3, 0.4) is 0 Å². The van der Waals surface area contributed by atoms with Gasteiger partial charge in [-0.1, -0.05) is 24.6 Å². The molecule has 3 atom stereocenters. The third kappa shape index (κ3) is 2.88. The first-order valence-corrected chi connectivity index (χ1v) is 8.71. The van der Waals surface area contributed by atoms with E-state index >= 15 is 0 Å². The van der Waals surface area contributed by atoms with E-state index < -0.39 is 0 Å². The molecule has 2 fully saturated rings. The molecule has 5 nitrogen and oxygen atoms in total.